The normalized spacial score (nSPS) is 19.4. The Morgan fingerprint density at radius 2 is 1.58 bits per heavy atom. The summed E-state index contributed by atoms with van der Waals surface area (Å²) in [5.41, 5.74) is 1.72. The van der Waals surface area contributed by atoms with Crippen LogP contribution in [-0.2, 0) is 5.54 Å². The first kappa shape index (κ1) is 14.5. The van der Waals surface area contributed by atoms with Crippen LogP contribution >= 0.6 is 0 Å². The summed E-state index contributed by atoms with van der Waals surface area (Å²) in [5, 5.41) is 14.9. The van der Waals surface area contributed by atoms with Crippen LogP contribution in [0.3, 0.4) is 0 Å². The van der Waals surface area contributed by atoms with E-state index in [9.17, 15) is 8.78 Å². The summed E-state index contributed by atoms with van der Waals surface area (Å²) in [4.78, 5) is 0. The Morgan fingerprint density at radius 1 is 0.958 bits per heavy atom. The summed E-state index contributed by atoms with van der Waals surface area (Å²) in [5.74, 6) is -0.152. The molecular weight excluding hydrogens is 312 g/mol. The van der Waals surface area contributed by atoms with Gasteiger partial charge in [0.1, 0.15) is 11.6 Å². The number of fused-ring (bicyclic) bond motifs is 1. The Balaban J connectivity index is 1.87. The molecule has 0 amide bonds. The number of hydrogen-bond acceptors (Lipinski definition) is 4. The number of aromatic nitrogens is 4. The summed E-state index contributed by atoms with van der Waals surface area (Å²) in [6.45, 7) is 1.95. The maximum atomic E-state index is 13.2. The van der Waals surface area contributed by atoms with Crippen molar-refractivity contribution in [2.45, 2.75) is 12.5 Å². The summed E-state index contributed by atoms with van der Waals surface area (Å²) in [7, 11) is 0. The Kier molecular flexibility index (Phi) is 3.16. The first-order valence-electron chi connectivity index (χ1n) is 7.37. The lowest BCUT2D eigenvalue weighted by atomic mass is 9.89. The van der Waals surface area contributed by atoms with E-state index in [0.29, 0.717) is 5.95 Å². The van der Waals surface area contributed by atoms with Crippen LogP contribution in [0.2, 0.25) is 0 Å². The van der Waals surface area contributed by atoms with Crippen molar-refractivity contribution in [1.29, 1.82) is 0 Å². The van der Waals surface area contributed by atoms with Crippen molar-refractivity contribution >= 4 is 11.6 Å². The molecule has 0 radical (unpaired) electrons. The maximum absolute atomic E-state index is 13.2. The van der Waals surface area contributed by atoms with Crippen molar-refractivity contribution in [3.05, 3.63) is 77.4 Å². The van der Waals surface area contributed by atoms with Crippen LogP contribution in [0.4, 0.5) is 14.7 Å². The van der Waals surface area contributed by atoms with Gasteiger partial charge in [0.2, 0.25) is 5.95 Å². The molecule has 24 heavy (non-hydrogen) atoms. The molecule has 120 valence electrons. The standard InChI is InChI=1S/C17H13F2N5/c1-17(12-4-8-14(19)9-5-12)10-15(11-2-6-13(18)7-3-11)24-16(20-17)21-22-23-24/h2-10H,1H3,(H,20,21,23)/t17-/m0/s1. The lowest BCUT2D eigenvalue weighted by Gasteiger charge is -2.33. The molecule has 4 rings (SSSR count). The zero-order chi connectivity index (χ0) is 16.7. The molecule has 1 N–H and O–H groups in total. The van der Waals surface area contributed by atoms with Crippen LogP contribution in [0, 0.1) is 11.6 Å². The van der Waals surface area contributed by atoms with Gasteiger partial charge in [0, 0.05) is 5.56 Å². The topological polar surface area (TPSA) is 55.6 Å². The van der Waals surface area contributed by atoms with Crippen molar-refractivity contribution in [2.24, 2.45) is 0 Å². The van der Waals surface area contributed by atoms with Crippen LogP contribution in [0.1, 0.15) is 18.1 Å². The van der Waals surface area contributed by atoms with Crippen molar-refractivity contribution in [1.82, 2.24) is 20.2 Å². The number of benzene rings is 2. The lowest BCUT2D eigenvalue weighted by molar-refractivity contribution is 0.617. The predicted octanol–water partition coefficient (Wildman–Crippen LogP) is 3.18. The van der Waals surface area contributed by atoms with Crippen LogP contribution in [-0.4, -0.2) is 20.2 Å². The Hall–Kier alpha value is -3.09. The van der Waals surface area contributed by atoms with E-state index in [-0.39, 0.29) is 11.6 Å². The average molecular weight is 325 g/mol. The minimum Gasteiger partial charge on any atom is -0.340 e. The van der Waals surface area contributed by atoms with Gasteiger partial charge in [-0.05, 0) is 65.4 Å². The van der Waals surface area contributed by atoms with Crippen LogP contribution in [0.25, 0.3) is 5.70 Å². The third kappa shape index (κ3) is 2.34. The second-order valence-electron chi connectivity index (χ2n) is 5.79. The van der Waals surface area contributed by atoms with E-state index in [2.05, 4.69) is 20.8 Å². The van der Waals surface area contributed by atoms with Gasteiger partial charge in [-0.25, -0.2) is 8.78 Å². The molecule has 1 aliphatic rings. The van der Waals surface area contributed by atoms with E-state index in [0.717, 1.165) is 16.8 Å². The first-order valence-corrected chi connectivity index (χ1v) is 7.37. The smallest absolute Gasteiger partial charge is 0.248 e. The van der Waals surface area contributed by atoms with Crippen molar-refractivity contribution in [3.63, 3.8) is 0 Å². The highest BCUT2D eigenvalue weighted by atomic mass is 19.1. The fourth-order valence-electron chi connectivity index (χ4n) is 2.81. The molecule has 1 aromatic heterocycles. The number of hydrogen-bond donors (Lipinski definition) is 1. The van der Waals surface area contributed by atoms with E-state index in [1.54, 1.807) is 28.9 Å². The highest BCUT2D eigenvalue weighted by molar-refractivity contribution is 5.72. The summed E-state index contributed by atoms with van der Waals surface area (Å²) in [6.07, 6.45) is 1.94. The lowest BCUT2D eigenvalue weighted by Crippen LogP contribution is -2.35. The molecular formula is C17H13F2N5. The van der Waals surface area contributed by atoms with E-state index < -0.39 is 5.54 Å². The Bertz CT molecular complexity index is 915. The zero-order valence-electron chi connectivity index (χ0n) is 12.7. The van der Waals surface area contributed by atoms with Crippen LogP contribution in [0.15, 0.2) is 54.6 Å². The van der Waals surface area contributed by atoms with Crippen molar-refractivity contribution in [3.8, 4) is 0 Å². The molecule has 0 spiro atoms. The van der Waals surface area contributed by atoms with Crippen LogP contribution < -0.4 is 5.32 Å². The molecule has 0 saturated heterocycles. The molecule has 2 heterocycles. The van der Waals surface area contributed by atoms with Gasteiger partial charge in [0.25, 0.3) is 0 Å². The molecule has 0 fully saturated rings. The number of tetrazole rings is 1. The monoisotopic (exact) mass is 325 g/mol. The quantitative estimate of drug-likeness (QED) is 0.786. The number of anilines is 1. The highest BCUT2D eigenvalue weighted by Crippen LogP contribution is 2.35. The van der Waals surface area contributed by atoms with Gasteiger partial charge in [-0.15, -0.1) is 0 Å². The summed E-state index contributed by atoms with van der Waals surface area (Å²) < 4.78 is 28.0. The second-order valence-corrected chi connectivity index (χ2v) is 5.79. The third-order valence-electron chi connectivity index (χ3n) is 4.08. The molecule has 7 heteroatoms. The third-order valence-corrected chi connectivity index (χ3v) is 4.08. The molecule has 0 aliphatic carbocycles. The molecule has 3 aromatic rings. The molecule has 2 aromatic carbocycles. The highest BCUT2D eigenvalue weighted by Gasteiger charge is 2.32. The SMILES string of the molecule is C[C@@]1(c2ccc(F)cc2)C=C(c2ccc(F)cc2)n2nnnc2N1. The molecule has 0 unspecified atom stereocenters. The zero-order valence-corrected chi connectivity index (χ0v) is 12.7. The van der Waals surface area contributed by atoms with E-state index in [1.807, 2.05) is 13.0 Å². The molecule has 0 bridgehead atoms. The molecule has 5 nitrogen and oxygen atoms in total. The average Bonchev–Trinajstić information content (AvgIpc) is 3.03. The Morgan fingerprint density at radius 3 is 2.25 bits per heavy atom. The van der Waals surface area contributed by atoms with Crippen molar-refractivity contribution in [2.75, 3.05) is 5.32 Å². The first-order chi connectivity index (χ1) is 11.5. The fraction of sp³-hybridized carbons (Fsp3) is 0.118. The van der Waals surface area contributed by atoms with Gasteiger partial charge in [-0.3, -0.25) is 0 Å². The number of nitrogens with one attached hydrogen (secondary N) is 1. The largest absolute Gasteiger partial charge is 0.340 e. The van der Waals surface area contributed by atoms with Crippen LogP contribution in [0.5, 0.6) is 0 Å². The number of nitrogens with zero attached hydrogens (tertiary/aromatic N) is 4. The van der Waals surface area contributed by atoms with Gasteiger partial charge < -0.3 is 5.32 Å². The number of halogens is 2. The summed E-state index contributed by atoms with van der Waals surface area (Å²) >= 11 is 0. The van der Waals surface area contributed by atoms with Crippen molar-refractivity contribution < 1.29 is 8.78 Å². The Labute approximate surface area is 136 Å². The second kappa shape index (κ2) is 5.23. The summed E-state index contributed by atoms with van der Waals surface area (Å²) in [6, 6.07) is 12.3. The number of rotatable bonds is 2. The molecule has 1 aliphatic heterocycles. The van der Waals surface area contributed by atoms with Gasteiger partial charge in [-0.1, -0.05) is 17.2 Å². The maximum Gasteiger partial charge on any atom is 0.248 e. The van der Waals surface area contributed by atoms with Gasteiger partial charge in [0.05, 0.1) is 11.2 Å². The van der Waals surface area contributed by atoms with E-state index in [4.69, 9.17) is 0 Å². The fourth-order valence-corrected chi connectivity index (χ4v) is 2.81. The van der Waals surface area contributed by atoms with E-state index in [1.165, 1.54) is 24.3 Å². The molecule has 0 saturated carbocycles. The van der Waals surface area contributed by atoms with Gasteiger partial charge in [-0.2, -0.15) is 4.68 Å². The van der Waals surface area contributed by atoms with Gasteiger partial charge in [0.15, 0.2) is 0 Å². The predicted molar refractivity (Wildman–Crippen MR) is 85.0 cm³/mol. The van der Waals surface area contributed by atoms with E-state index >= 15 is 0 Å². The minimum absolute atomic E-state index is 0.300. The molecule has 1 atom stereocenters. The van der Waals surface area contributed by atoms with Gasteiger partial charge >= 0.3 is 0 Å². The minimum atomic E-state index is -0.637.